The van der Waals surface area contributed by atoms with Crippen molar-refractivity contribution >= 4 is 23.4 Å². The summed E-state index contributed by atoms with van der Waals surface area (Å²) in [6.45, 7) is 4.11. The highest BCUT2D eigenvalue weighted by atomic mass is 16.2. The standard InChI is InChI=1S/C19H21N3O3/c1-13-3-5-16(6-4-13)19(25)22-17-9-7-15(8-10-17)18(24)21-12-11-20-14(2)23/h3-10H,11-12H2,1-2H3,(H,20,23)(H,21,24)(H,22,25). The van der Waals surface area contributed by atoms with Crippen molar-refractivity contribution in [3.63, 3.8) is 0 Å². The first kappa shape index (κ1) is 18.2. The van der Waals surface area contributed by atoms with Gasteiger partial charge >= 0.3 is 0 Å². The molecule has 3 N–H and O–H groups in total. The molecule has 0 unspecified atom stereocenters. The topological polar surface area (TPSA) is 87.3 Å². The Kier molecular flexibility index (Phi) is 6.28. The number of nitrogens with one attached hydrogen (secondary N) is 3. The van der Waals surface area contributed by atoms with Crippen LogP contribution in [0.2, 0.25) is 0 Å². The van der Waals surface area contributed by atoms with E-state index in [0.29, 0.717) is 29.9 Å². The zero-order valence-electron chi connectivity index (χ0n) is 14.3. The van der Waals surface area contributed by atoms with Crippen molar-refractivity contribution in [3.05, 3.63) is 65.2 Å². The molecular formula is C19H21N3O3. The Bertz CT molecular complexity index is 752. The molecule has 2 aromatic rings. The molecule has 130 valence electrons. The van der Waals surface area contributed by atoms with Gasteiger partial charge in [0.1, 0.15) is 0 Å². The van der Waals surface area contributed by atoms with Crippen LogP contribution >= 0.6 is 0 Å². The molecule has 3 amide bonds. The summed E-state index contributed by atoms with van der Waals surface area (Å²) < 4.78 is 0. The van der Waals surface area contributed by atoms with Crippen LogP contribution in [0.25, 0.3) is 0 Å². The van der Waals surface area contributed by atoms with Gasteiger partial charge in [-0.2, -0.15) is 0 Å². The lowest BCUT2D eigenvalue weighted by atomic mass is 10.1. The molecule has 0 bridgehead atoms. The van der Waals surface area contributed by atoms with E-state index in [2.05, 4.69) is 16.0 Å². The molecule has 0 radical (unpaired) electrons. The number of aryl methyl sites for hydroxylation is 1. The summed E-state index contributed by atoms with van der Waals surface area (Å²) >= 11 is 0. The highest BCUT2D eigenvalue weighted by Crippen LogP contribution is 2.12. The Morgan fingerprint density at radius 2 is 1.28 bits per heavy atom. The molecule has 0 saturated heterocycles. The van der Waals surface area contributed by atoms with Crippen molar-refractivity contribution in [3.8, 4) is 0 Å². The van der Waals surface area contributed by atoms with Crippen LogP contribution in [0.4, 0.5) is 5.69 Å². The molecule has 0 aliphatic heterocycles. The minimum atomic E-state index is -0.234. The van der Waals surface area contributed by atoms with Crippen molar-refractivity contribution < 1.29 is 14.4 Å². The van der Waals surface area contributed by atoms with Gasteiger partial charge in [-0.3, -0.25) is 14.4 Å². The Morgan fingerprint density at radius 1 is 0.760 bits per heavy atom. The summed E-state index contributed by atoms with van der Waals surface area (Å²) in [5.41, 5.74) is 2.76. The predicted octanol–water partition coefficient (Wildman–Crippen LogP) is 2.11. The maximum Gasteiger partial charge on any atom is 0.255 e. The maximum atomic E-state index is 12.1. The van der Waals surface area contributed by atoms with E-state index in [-0.39, 0.29) is 17.7 Å². The molecule has 2 rings (SSSR count). The van der Waals surface area contributed by atoms with Gasteiger partial charge in [-0.15, -0.1) is 0 Å². The number of rotatable bonds is 6. The van der Waals surface area contributed by atoms with E-state index in [1.54, 1.807) is 36.4 Å². The fourth-order valence-corrected chi connectivity index (χ4v) is 2.13. The van der Waals surface area contributed by atoms with E-state index >= 15 is 0 Å². The third kappa shape index (κ3) is 5.76. The van der Waals surface area contributed by atoms with Crippen LogP contribution in [-0.4, -0.2) is 30.8 Å². The van der Waals surface area contributed by atoms with Crippen LogP contribution < -0.4 is 16.0 Å². The molecule has 6 heteroatoms. The van der Waals surface area contributed by atoms with E-state index in [1.807, 2.05) is 19.1 Å². The number of benzene rings is 2. The van der Waals surface area contributed by atoms with Crippen molar-refractivity contribution in [1.82, 2.24) is 10.6 Å². The highest BCUT2D eigenvalue weighted by molar-refractivity contribution is 6.04. The van der Waals surface area contributed by atoms with Crippen LogP contribution in [0, 0.1) is 6.92 Å². The summed E-state index contributed by atoms with van der Waals surface area (Å²) in [7, 11) is 0. The van der Waals surface area contributed by atoms with Crippen molar-refractivity contribution in [2.24, 2.45) is 0 Å². The molecule has 0 aliphatic carbocycles. The van der Waals surface area contributed by atoms with Gasteiger partial charge in [-0.25, -0.2) is 0 Å². The third-order valence-electron chi connectivity index (χ3n) is 3.50. The first-order valence-electron chi connectivity index (χ1n) is 7.96. The van der Waals surface area contributed by atoms with E-state index in [1.165, 1.54) is 6.92 Å². The van der Waals surface area contributed by atoms with Crippen LogP contribution in [0.3, 0.4) is 0 Å². The van der Waals surface area contributed by atoms with Gasteiger partial charge in [0.2, 0.25) is 5.91 Å². The average Bonchev–Trinajstić information content (AvgIpc) is 2.59. The molecule has 0 atom stereocenters. The first-order valence-corrected chi connectivity index (χ1v) is 7.96. The van der Waals surface area contributed by atoms with Crippen LogP contribution in [0.1, 0.15) is 33.2 Å². The minimum absolute atomic E-state index is 0.136. The Labute approximate surface area is 146 Å². The van der Waals surface area contributed by atoms with Crippen molar-refractivity contribution in [1.29, 1.82) is 0 Å². The molecule has 2 aromatic carbocycles. The lowest BCUT2D eigenvalue weighted by Gasteiger charge is -2.08. The summed E-state index contributed by atoms with van der Waals surface area (Å²) in [6, 6.07) is 13.9. The lowest BCUT2D eigenvalue weighted by Crippen LogP contribution is -2.33. The molecule has 0 saturated carbocycles. The first-order chi connectivity index (χ1) is 12.0. The van der Waals surface area contributed by atoms with E-state index in [9.17, 15) is 14.4 Å². The minimum Gasteiger partial charge on any atom is -0.355 e. The molecule has 0 aromatic heterocycles. The van der Waals surface area contributed by atoms with Crippen molar-refractivity contribution in [2.75, 3.05) is 18.4 Å². The number of hydrogen-bond acceptors (Lipinski definition) is 3. The Morgan fingerprint density at radius 3 is 1.88 bits per heavy atom. The molecular weight excluding hydrogens is 318 g/mol. The molecule has 6 nitrogen and oxygen atoms in total. The zero-order chi connectivity index (χ0) is 18.2. The van der Waals surface area contributed by atoms with Gasteiger partial charge in [0.15, 0.2) is 0 Å². The normalized spacial score (nSPS) is 10.0. The van der Waals surface area contributed by atoms with Crippen molar-refractivity contribution in [2.45, 2.75) is 13.8 Å². The average molecular weight is 339 g/mol. The van der Waals surface area contributed by atoms with E-state index in [4.69, 9.17) is 0 Å². The molecule has 0 heterocycles. The van der Waals surface area contributed by atoms with Gasteiger partial charge < -0.3 is 16.0 Å². The Balaban J connectivity index is 1.88. The van der Waals surface area contributed by atoms with Gasteiger partial charge in [0, 0.05) is 36.8 Å². The molecule has 0 spiro atoms. The molecule has 0 aliphatic rings. The summed E-state index contributed by atoms with van der Waals surface area (Å²) in [4.78, 5) is 34.9. The Hall–Kier alpha value is -3.15. The second-order valence-corrected chi connectivity index (χ2v) is 5.64. The largest absolute Gasteiger partial charge is 0.355 e. The highest BCUT2D eigenvalue weighted by Gasteiger charge is 2.08. The molecule has 0 fully saturated rings. The zero-order valence-corrected chi connectivity index (χ0v) is 14.3. The maximum absolute atomic E-state index is 12.1. The van der Waals surface area contributed by atoms with E-state index in [0.717, 1.165) is 5.56 Å². The fourth-order valence-electron chi connectivity index (χ4n) is 2.13. The second kappa shape index (κ2) is 8.63. The lowest BCUT2D eigenvalue weighted by molar-refractivity contribution is -0.118. The summed E-state index contributed by atoms with van der Waals surface area (Å²) in [6.07, 6.45) is 0. The second-order valence-electron chi connectivity index (χ2n) is 5.64. The smallest absolute Gasteiger partial charge is 0.255 e. The van der Waals surface area contributed by atoms with Gasteiger partial charge in [-0.1, -0.05) is 17.7 Å². The van der Waals surface area contributed by atoms with Gasteiger partial charge in [-0.05, 0) is 43.3 Å². The SMILES string of the molecule is CC(=O)NCCNC(=O)c1ccc(NC(=O)c2ccc(C)cc2)cc1. The number of hydrogen-bond donors (Lipinski definition) is 3. The number of carbonyl (C=O) groups is 3. The number of anilines is 1. The van der Waals surface area contributed by atoms with Gasteiger partial charge in [0.25, 0.3) is 11.8 Å². The monoisotopic (exact) mass is 339 g/mol. The quantitative estimate of drug-likeness (QED) is 0.705. The predicted molar refractivity (Wildman–Crippen MR) is 96.6 cm³/mol. The van der Waals surface area contributed by atoms with E-state index < -0.39 is 0 Å². The fraction of sp³-hybridized carbons (Fsp3) is 0.211. The third-order valence-corrected chi connectivity index (χ3v) is 3.50. The molecule has 25 heavy (non-hydrogen) atoms. The van der Waals surface area contributed by atoms with Crippen LogP contribution in [0.5, 0.6) is 0 Å². The summed E-state index contributed by atoms with van der Waals surface area (Å²) in [5, 5.41) is 8.10. The van der Waals surface area contributed by atoms with Crippen LogP contribution in [0.15, 0.2) is 48.5 Å². The summed E-state index contributed by atoms with van der Waals surface area (Å²) in [5.74, 6) is -0.572. The number of carbonyl (C=O) groups excluding carboxylic acids is 3. The number of amides is 3. The van der Waals surface area contributed by atoms with Crippen LogP contribution in [-0.2, 0) is 4.79 Å². The van der Waals surface area contributed by atoms with Gasteiger partial charge in [0.05, 0.1) is 0 Å².